The van der Waals surface area contributed by atoms with Crippen LogP contribution in [-0.2, 0) is 0 Å². The average Bonchev–Trinajstić information content (AvgIpc) is 2.40. The van der Waals surface area contributed by atoms with Crippen LogP contribution in [0.4, 0.5) is 11.4 Å². The number of hydrogen-bond donors (Lipinski definition) is 2. The van der Waals surface area contributed by atoms with Gasteiger partial charge in [0.15, 0.2) is 0 Å². The van der Waals surface area contributed by atoms with Gasteiger partial charge in [0.05, 0.1) is 0 Å². The Bertz CT molecular complexity index is 519. The van der Waals surface area contributed by atoms with Gasteiger partial charge in [0.2, 0.25) is 0 Å². The third kappa shape index (κ3) is 2.45. The van der Waals surface area contributed by atoms with Crippen molar-refractivity contribution in [3.05, 3.63) is 21.8 Å². The van der Waals surface area contributed by atoms with Gasteiger partial charge in [-0.1, -0.05) is 0 Å². The first-order valence-electron chi connectivity index (χ1n) is 8.36. The van der Waals surface area contributed by atoms with Gasteiger partial charge < -0.3 is 11.1 Å². The summed E-state index contributed by atoms with van der Waals surface area (Å²) >= 11 is 2.40. The highest BCUT2D eigenvalue weighted by atomic mass is 127. The van der Waals surface area contributed by atoms with Crippen molar-refractivity contribution in [1.82, 2.24) is 0 Å². The van der Waals surface area contributed by atoms with Crippen molar-refractivity contribution in [2.45, 2.75) is 51.5 Å². The predicted octanol–water partition coefficient (Wildman–Crippen LogP) is 4.89. The fraction of sp³-hybridized carbons (Fsp3) is 0.667. The first-order valence-corrected chi connectivity index (χ1v) is 9.43. The molecule has 5 rings (SSSR count). The summed E-state index contributed by atoms with van der Waals surface area (Å²) in [6, 6.07) is 6.79. The summed E-state index contributed by atoms with van der Waals surface area (Å²) < 4.78 is 1.24. The average molecular weight is 396 g/mol. The number of rotatable bonds is 3. The summed E-state index contributed by atoms with van der Waals surface area (Å²) in [6.07, 6.45) is 8.93. The minimum atomic E-state index is 0.555. The Morgan fingerprint density at radius 1 is 1.14 bits per heavy atom. The molecule has 114 valence electrons. The lowest BCUT2D eigenvalue weighted by Crippen LogP contribution is -2.52. The number of halogens is 1. The highest BCUT2D eigenvalue weighted by Gasteiger charge is 2.53. The van der Waals surface area contributed by atoms with Crippen LogP contribution in [0.2, 0.25) is 0 Å². The van der Waals surface area contributed by atoms with E-state index in [0.717, 1.165) is 23.4 Å². The van der Waals surface area contributed by atoms with Gasteiger partial charge in [-0.2, -0.15) is 0 Å². The summed E-state index contributed by atoms with van der Waals surface area (Å²) in [5.41, 5.74) is 8.54. The topological polar surface area (TPSA) is 38.0 Å². The second-order valence-corrected chi connectivity index (χ2v) is 9.05. The van der Waals surface area contributed by atoms with Crippen molar-refractivity contribution >= 4 is 34.0 Å². The minimum Gasteiger partial charge on any atom is -0.399 e. The Morgan fingerprint density at radius 2 is 1.71 bits per heavy atom. The Labute approximate surface area is 141 Å². The van der Waals surface area contributed by atoms with Gasteiger partial charge in [0.25, 0.3) is 0 Å². The van der Waals surface area contributed by atoms with Crippen molar-refractivity contribution in [2.24, 2.45) is 23.2 Å². The minimum absolute atomic E-state index is 0.555. The number of hydrogen-bond acceptors (Lipinski definition) is 2. The molecule has 0 radical (unpaired) electrons. The summed E-state index contributed by atoms with van der Waals surface area (Å²) in [4.78, 5) is 0. The molecule has 3 N–H and O–H groups in total. The molecule has 1 atom stereocenters. The number of anilines is 2. The summed E-state index contributed by atoms with van der Waals surface area (Å²) in [5, 5.41) is 3.83. The van der Waals surface area contributed by atoms with Crippen LogP contribution in [0.25, 0.3) is 0 Å². The van der Waals surface area contributed by atoms with E-state index in [4.69, 9.17) is 5.73 Å². The van der Waals surface area contributed by atoms with Gasteiger partial charge in [-0.25, -0.2) is 0 Å². The molecule has 21 heavy (non-hydrogen) atoms. The smallest absolute Gasteiger partial charge is 0.0479 e. The lowest BCUT2D eigenvalue weighted by molar-refractivity contribution is -0.0602. The molecule has 4 fully saturated rings. The Morgan fingerprint density at radius 3 is 2.24 bits per heavy atom. The van der Waals surface area contributed by atoms with E-state index >= 15 is 0 Å². The molecule has 1 aromatic rings. The molecule has 1 aromatic carbocycles. The van der Waals surface area contributed by atoms with Gasteiger partial charge >= 0.3 is 0 Å². The standard InChI is InChI=1S/C18H25IN2/c1-11(21-17-3-2-15(20)7-16(17)19)18-8-12-4-13(9-18)6-14(5-12)10-18/h2-3,7,11-14,21H,4-6,8-10,20H2,1H3. The molecule has 0 amide bonds. The van der Waals surface area contributed by atoms with Crippen LogP contribution in [0.5, 0.6) is 0 Å². The summed E-state index contributed by atoms with van der Waals surface area (Å²) in [7, 11) is 0. The fourth-order valence-corrected chi connectivity index (χ4v) is 6.44. The maximum absolute atomic E-state index is 5.87. The van der Waals surface area contributed by atoms with Crippen molar-refractivity contribution in [2.75, 3.05) is 11.1 Å². The van der Waals surface area contributed by atoms with Gasteiger partial charge in [0.1, 0.15) is 0 Å². The van der Waals surface area contributed by atoms with Crippen molar-refractivity contribution in [1.29, 1.82) is 0 Å². The lowest BCUT2D eigenvalue weighted by Gasteiger charge is -2.59. The van der Waals surface area contributed by atoms with E-state index in [1.807, 2.05) is 6.07 Å². The first kappa shape index (κ1) is 14.2. The van der Waals surface area contributed by atoms with Crippen LogP contribution in [0, 0.1) is 26.7 Å². The Kier molecular flexibility index (Phi) is 3.40. The van der Waals surface area contributed by atoms with Crippen molar-refractivity contribution in [3.63, 3.8) is 0 Å². The zero-order valence-electron chi connectivity index (χ0n) is 12.7. The third-order valence-electron chi connectivity index (χ3n) is 6.37. The normalized spacial score (nSPS) is 38.5. The Hall–Kier alpha value is -0.450. The summed E-state index contributed by atoms with van der Waals surface area (Å²) in [5.74, 6) is 3.06. The van der Waals surface area contributed by atoms with Crippen LogP contribution in [0.3, 0.4) is 0 Å². The van der Waals surface area contributed by atoms with E-state index in [1.165, 1.54) is 47.8 Å². The number of benzene rings is 1. The van der Waals surface area contributed by atoms with E-state index in [1.54, 1.807) is 0 Å². The number of nitrogens with two attached hydrogens (primary N) is 1. The van der Waals surface area contributed by atoms with E-state index in [9.17, 15) is 0 Å². The van der Waals surface area contributed by atoms with Crippen LogP contribution in [-0.4, -0.2) is 6.04 Å². The van der Waals surface area contributed by atoms with Gasteiger partial charge in [-0.3, -0.25) is 0 Å². The van der Waals surface area contributed by atoms with E-state index in [-0.39, 0.29) is 0 Å². The largest absolute Gasteiger partial charge is 0.399 e. The molecule has 4 bridgehead atoms. The highest BCUT2D eigenvalue weighted by Crippen LogP contribution is 2.61. The van der Waals surface area contributed by atoms with Crippen LogP contribution < -0.4 is 11.1 Å². The zero-order chi connectivity index (χ0) is 14.6. The molecule has 0 aliphatic heterocycles. The molecular formula is C18H25IN2. The van der Waals surface area contributed by atoms with Crippen LogP contribution in [0.15, 0.2) is 18.2 Å². The van der Waals surface area contributed by atoms with Gasteiger partial charge in [-0.05, 0) is 109 Å². The second kappa shape index (κ2) is 5.04. The molecular weight excluding hydrogens is 371 g/mol. The maximum Gasteiger partial charge on any atom is 0.0479 e. The zero-order valence-corrected chi connectivity index (χ0v) is 14.9. The first-order chi connectivity index (χ1) is 10.0. The lowest BCUT2D eigenvalue weighted by atomic mass is 9.48. The molecule has 0 spiro atoms. The second-order valence-electron chi connectivity index (χ2n) is 7.89. The van der Waals surface area contributed by atoms with Crippen molar-refractivity contribution < 1.29 is 0 Å². The molecule has 0 aromatic heterocycles. The summed E-state index contributed by atoms with van der Waals surface area (Å²) in [6.45, 7) is 2.42. The van der Waals surface area contributed by atoms with Crippen LogP contribution in [0.1, 0.15) is 45.4 Å². The SMILES string of the molecule is CC(Nc1ccc(N)cc1I)C12CC3CC(CC(C3)C1)C2. The van der Waals surface area contributed by atoms with Crippen molar-refractivity contribution in [3.8, 4) is 0 Å². The third-order valence-corrected chi connectivity index (χ3v) is 7.26. The molecule has 4 aliphatic rings. The molecule has 4 aliphatic carbocycles. The van der Waals surface area contributed by atoms with Crippen LogP contribution >= 0.6 is 22.6 Å². The number of nitrogens with one attached hydrogen (secondary N) is 1. The monoisotopic (exact) mass is 396 g/mol. The van der Waals surface area contributed by atoms with Gasteiger partial charge in [0, 0.05) is 21.0 Å². The Balaban J connectivity index is 1.56. The molecule has 4 saturated carbocycles. The van der Waals surface area contributed by atoms with E-state index in [0.29, 0.717) is 11.5 Å². The molecule has 0 heterocycles. The predicted molar refractivity (Wildman–Crippen MR) is 97.3 cm³/mol. The molecule has 2 nitrogen and oxygen atoms in total. The molecule has 1 unspecified atom stereocenters. The van der Waals surface area contributed by atoms with Gasteiger partial charge in [-0.15, -0.1) is 0 Å². The van der Waals surface area contributed by atoms with E-state index in [2.05, 4.69) is 47.0 Å². The highest BCUT2D eigenvalue weighted by molar-refractivity contribution is 14.1. The quantitative estimate of drug-likeness (QED) is 0.564. The molecule has 0 saturated heterocycles. The maximum atomic E-state index is 5.87. The molecule has 3 heteroatoms. The number of nitrogen functional groups attached to an aromatic ring is 1. The van der Waals surface area contributed by atoms with E-state index < -0.39 is 0 Å². The fourth-order valence-electron chi connectivity index (χ4n) is 5.74.